The fraction of sp³-hybridized carbons (Fsp3) is 0.750. The van der Waals surface area contributed by atoms with Crippen LogP contribution >= 0.6 is 11.3 Å². The van der Waals surface area contributed by atoms with E-state index in [2.05, 4.69) is 36.0 Å². The molecule has 0 bridgehead atoms. The van der Waals surface area contributed by atoms with Gasteiger partial charge in [0.2, 0.25) is 0 Å². The van der Waals surface area contributed by atoms with Crippen molar-refractivity contribution in [2.45, 2.75) is 45.3 Å². The van der Waals surface area contributed by atoms with Crippen LogP contribution in [0, 0.1) is 0 Å². The number of β-amino-alcohol motifs (C(OH)–C–C–N with tert-alkyl or cyclic N) is 1. The highest BCUT2D eigenvalue weighted by molar-refractivity contribution is 7.09. The standard InChI is InChI=1S/C12H20N2OS/c1-11(2,3)10-13-9(6-16-10)5-14-7-12(4,15)8-14/h6,15H,5,7-8H2,1-4H3. The quantitative estimate of drug-likeness (QED) is 0.859. The van der Waals surface area contributed by atoms with Crippen LogP contribution in [0.5, 0.6) is 0 Å². The van der Waals surface area contributed by atoms with Crippen LogP contribution in [0.4, 0.5) is 0 Å². The lowest BCUT2D eigenvalue weighted by Gasteiger charge is -2.43. The molecule has 0 radical (unpaired) electrons. The van der Waals surface area contributed by atoms with E-state index in [1.54, 1.807) is 11.3 Å². The second-order valence-electron chi connectivity index (χ2n) is 6.04. The highest BCUT2D eigenvalue weighted by Gasteiger charge is 2.36. The molecule has 1 aromatic rings. The van der Waals surface area contributed by atoms with Gasteiger partial charge in [0.15, 0.2) is 0 Å². The SMILES string of the molecule is CC1(O)CN(Cc2csc(C(C)(C)C)n2)C1. The van der Waals surface area contributed by atoms with E-state index in [0.29, 0.717) is 0 Å². The van der Waals surface area contributed by atoms with Crippen LogP contribution in [0.2, 0.25) is 0 Å². The van der Waals surface area contributed by atoms with Crippen LogP contribution in [0.15, 0.2) is 5.38 Å². The lowest BCUT2D eigenvalue weighted by atomic mass is 9.97. The summed E-state index contributed by atoms with van der Waals surface area (Å²) in [5, 5.41) is 13.0. The van der Waals surface area contributed by atoms with Crippen molar-refractivity contribution < 1.29 is 5.11 Å². The molecule has 0 spiro atoms. The minimum Gasteiger partial charge on any atom is -0.388 e. The Morgan fingerprint density at radius 3 is 2.56 bits per heavy atom. The van der Waals surface area contributed by atoms with Gasteiger partial charge in [-0.1, -0.05) is 20.8 Å². The smallest absolute Gasteiger partial charge is 0.0982 e. The predicted octanol–water partition coefficient (Wildman–Crippen LogP) is 2.01. The van der Waals surface area contributed by atoms with Crippen molar-refractivity contribution in [3.8, 4) is 0 Å². The van der Waals surface area contributed by atoms with Gasteiger partial charge < -0.3 is 5.11 Å². The number of hydrogen-bond donors (Lipinski definition) is 1. The summed E-state index contributed by atoms with van der Waals surface area (Å²) in [7, 11) is 0. The molecule has 90 valence electrons. The summed E-state index contributed by atoms with van der Waals surface area (Å²) in [6.07, 6.45) is 0. The third kappa shape index (κ3) is 2.62. The lowest BCUT2D eigenvalue weighted by Crippen LogP contribution is -2.59. The topological polar surface area (TPSA) is 36.4 Å². The van der Waals surface area contributed by atoms with Crippen LogP contribution in [0.3, 0.4) is 0 Å². The van der Waals surface area contributed by atoms with E-state index >= 15 is 0 Å². The number of likely N-dealkylation sites (tertiary alicyclic amines) is 1. The average molecular weight is 240 g/mol. The van der Waals surface area contributed by atoms with Gasteiger partial charge in [0.05, 0.1) is 16.3 Å². The highest BCUT2D eigenvalue weighted by atomic mass is 32.1. The molecule has 0 aliphatic carbocycles. The largest absolute Gasteiger partial charge is 0.388 e. The maximum atomic E-state index is 9.64. The van der Waals surface area contributed by atoms with Crippen LogP contribution < -0.4 is 0 Å². The first kappa shape index (κ1) is 12.0. The number of rotatable bonds is 2. The molecule has 1 aliphatic heterocycles. The zero-order valence-electron chi connectivity index (χ0n) is 10.4. The molecule has 2 heterocycles. The summed E-state index contributed by atoms with van der Waals surface area (Å²) < 4.78 is 0. The van der Waals surface area contributed by atoms with E-state index in [1.165, 1.54) is 5.01 Å². The summed E-state index contributed by atoms with van der Waals surface area (Å²) in [4.78, 5) is 6.87. The number of nitrogens with zero attached hydrogens (tertiary/aromatic N) is 2. The van der Waals surface area contributed by atoms with Crippen LogP contribution in [0.1, 0.15) is 38.4 Å². The molecule has 3 nitrogen and oxygen atoms in total. The average Bonchev–Trinajstić information content (AvgIpc) is 2.48. The van der Waals surface area contributed by atoms with Crippen molar-refractivity contribution in [1.29, 1.82) is 0 Å². The molecule has 1 N–H and O–H groups in total. The van der Waals surface area contributed by atoms with Crippen LogP contribution in [-0.2, 0) is 12.0 Å². The Kier molecular flexibility index (Phi) is 2.85. The van der Waals surface area contributed by atoms with Crippen molar-refractivity contribution >= 4 is 11.3 Å². The summed E-state index contributed by atoms with van der Waals surface area (Å²) in [5.41, 5.74) is 0.789. The summed E-state index contributed by atoms with van der Waals surface area (Å²) in [5.74, 6) is 0. The third-order valence-electron chi connectivity index (χ3n) is 2.71. The van der Waals surface area contributed by atoms with Gasteiger partial charge in [-0.2, -0.15) is 0 Å². The van der Waals surface area contributed by atoms with Crippen LogP contribution in [-0.4, -0.2) is 33.7 Å². The molecule has 0 unspecified atom stereocenters. The third-order valence-corrected chi connectivity index (χ3v) is 4.02. The molecule has 1 aromatic heterocycles. The van der Waals surface area contributed by atoms with E-state index < -0.39 is 5.60 Å². The monoisotopic (exact) mass is 240 g/mol. The van der Waals surface area contributed by atoms with Gasteiger partial charge in [0.25, 0.3) is 0 Å². The minimum atomic E-state index is -0.483. The van der Waals surface area contributed by atoms with E-state index in [0.717, 1.165) is 25.3 Å². The number of aromatic nitrogens is 1. The summed E-state index contributed by atoms with van der Waals surface area (Å²) in [6.45, 7) is 10.8. The Labute approximate surface area is 101 Å². The summed E-state index contributed by atoms with van der Waals surface area (Å²) >= 11 is 1.73. The highest BCUT2D eigenvalue weighted by Crippen LogP contribution is 2.27. The molecular weight excluding hydrogens is 220 g/mol. The van der Waals surface area contributed by atoms with Gasteiger partial charge in [-0.15, -0.1) is 11.3 Å². The van der Waals surface area contributed by atoms with Gasteiger partial charge >= 0.3 is 0 Å². The van der Waals surface area contributed by atoms with Gasteiger partial charge in [-0.3, -0.25) is 4.90 Å². The molecule has 1 aliphatic rings. The number of thiazole rings is 1. The van der Waals surface area contributed by atoms with Crippen molar-refractivity contribution in [3.05, 3.63) is 16.1 Å². The molecule has 1 fully saturated rings. The van der Waals surface area contributed by atoms with Crippen molar-refractivity contribution in [1.82, 2.24) is 9.88 Å². The molecule has 0 amide bonds. The van der Waals surface area contributed by atoms with E-state index in [4.69, 9.17) is 0 Å². The second kappa shape index (κ2) is 3.79. The Hall–Kier alpha value is -0.450. The van der Waals surface area contributed by atoms with Gasteiger partial charge in [0.1, 0.15) is 0 Å². The molecule has 1 saturated heterocycles. The van der Waals surface area contributed by atoms with Crippen LogP contribution in [0.25, 0.3) is 0 Å². The lowest BCUT2D eigenvalue weighted by molar-refractivity contribution is -0.0875. The Bertz CT molecular complexity index is 371. The zero-order valence-corrected chi connectivity index (χ0v) is 11.3. The van der Waals surface area contributed by atoms with Gasteiger partial charge in [0, 0.05) is 30.4 Å². The molecular formula is C12H20N2OS. The maximum absolute atomic E-state index is 9.64. The Balaban J connectivity index is 1.94. The van der Waals surface area contributed by atoms with E-state index in [1.807, 2.05) is 6.92 Å². The first-order chi connectivity index (χ1) is 7.26. The molecule has 2 rings (SSSR count). The minimum absolute atomic E-state index is 0.142. The Morgan fingerprint density at radius 1 is 1.50 bits per heavy atom. The van der Waals surface area contributed by atoms with Crippen molar-refractivity contribution in [2.75, 3.05) is 13.1 Å². The molecule has 4 heteroatoms. The molecule has 0 aromatic carbocycles. The van der Waals surface area contributed by atoms with Gasteiger partial charge in [-0.25, -0.2) is 4.98 Å². The zero-order chi connectivity index (χ0) is 12.0. The molecule has 0 saturated carbocycles. The first-order valence-corrected chi connectivity index (χ1v) is 6.54. The Morgan fingerprint density at radius 2 is 2.12 bits per heavy atom. The number of aliphatic hydroxyl groups is 1. The van der Waals surface area contributed by atoms with E-state index in [-0.39, 0.29) is 5.41 Å². The normalized spacial score (nSPS) is 20.8. The fourth-order valence-corrected chi connectivity index (χ4v) is 2.88. The predicted molar refractivity (Wildman–Crippen MR) is 66.7 cm³/mol. The van der Waals surface area contributed by atoms with Gasteiger partial charge in [-0.05, 0) is 6.92 Å². The van der Waals surface area contributed by atoms with Crippen molar-refractivity contribution in [3.63, 3.8) is 0 Å². The van der Waals surface area contributed by atoms with Crippen molar-refractivity contribution in [2.24, 2.45) is 0 Å². The maximum Gasteiger partial charge on any atom is 0.0982 e. The molecule has 16 heavy (non-hydrogen) atoms. The second-order valence-corrected chi connectivity index (χ2v) is 6.89. The first-order valence-electron chi connectivity index (χ1n) is 5.66. The molecule has 0 atom stereocenters. The summed E-state index contributed by atoms with van der Waals surface area (Å²) in [6, 6.07) is 0. The fourth-order valence-electron chi connectivity index (χ4n) is 1.98. The van der Waals surface area contributed by atoms with E-state index in [9.17, 15) is 5.11 Å². The number of hydrogen-bond acceptors (Lipinski definition) is 4.